The lowest BCUT2D eigenvalue weighted by Crippen LogP contribution is -2.41. The van der Waals surface area contributed by atoms with Crippen molar-refractivity contribution in [2.24, 2.45) is 0 Å². The number of anilines is 1. The molecule has 0 saturated heterocycles. The Labute approximate surface area is 111 Å². The number of hydrogen-bond donors (Lipinski definition) is 2. The highest BCUT2D eigenvalue weighted by molar-refractivity contribution is 7.10. The van der Waals surface area contributed by atoms with Gasteiger partial charge >= 0.3 is 0 Å². The molecule has 0 aliphatic rings. The van der Waals surface area contributed by atoms with Crippen LogP contribution < -0.4 is 10.6 Å². The van der Waals surface area contributed by atoms with Gasteiger partial charge in [-0.3, -0.25) is 9.59 Å². The zero-order valence-electron chi connectivity index (χ0n) is 11.1. The summed E-state index contributed by atoms with van der Waals surface area (Å²) in [7, 11) is 3.46. The average molecular weight is 269 g/mol. The van der Waals surface area contributed by atoms with Gasteiger partial charge in [-0.1, -0.05) is 0 Å². The fraction of sp³-hybridized carbons (Fsp3) is 0.500. The molecule has 100 valence electrons. The lowest BCUT2D eigenvalue weighted by atomic mass is 10.3. The van der Waals surface area contributed by atoms with E-state index in [9.17, 15) is 9.59 Å². The molecule has 6 heteroatoms. The monoisotopic (exact) mass is 269 g/mol. The summed E-state index contributed by atoms with van der Waals surface area (Å²) >= 11 is 1.55. The van der Waals surface area contributed by atoms with E-state index in [1.807, 2.05) is 18.4 Å². The highest BCUT2D eigenvalue weighted by atomic mass is 32.1. The molecule has 18 heavy (non-hydrogen) atoms. The number of carbonyl (C=O) groups excluding carboxylic acids is 2. The number of rotatable bonds is 5. The molecule has 1 unspecified atom stereocenters. The molecule has 1 aromatic rings. The summed E-state index contributed by atoms with van der Waals surface area (Å²) in [6, 6.07) is 1.62. The minimum absolute atomic E-state index is 0.0348. The van der Waals surface area contributed by atoms with Gasteiger partial charge in [0, 0.05) is 32.4 Å². The van der Waals surface area contributed by atoms with E-state index in [-0.39, 0.29) is 17.9 Å². The van der Waals surface area contributed by atoms with Crippen LogP contribution >= 0.6 is 11.3 Å². The molecule has 0 saturated carbocycles. The number of nitrogens with zero attached hydrogens (tertiary/aromatic N) is 1. The van der Waals surface area contributed by atoms with Crippen LogP contribution in [0.1, 0.15) is 18.7 Å². The van der Waals surface area contributed by atoms with Crippen LogP contribution in [0.3, 0.4) is 0 Å². The van der Waals surface area contributed by atoms with Crippen molar-refractivity contribution in [2.45, 2.75) is 26.4 Å². The molecule has 1 heterocycles. The molecule has 0 fully saturated rings. The molecule has 0 radical (unpaired) electrons. The number of thiophene rings is 1. The molecular formula is C12H19N3O2S. The third kappa shape index (κ3) is 4.12. The topological polar surface area (TPSA) is 61.4 Å². The third-order valence-corrected chi connectivity index (χ3v) is 3.36. The molecule has 0 aromatic carbocycles. The third-order valence-electron chi connectivity index (χ3n) is 2.44. The van der Waals surface area contributed by atoms with E-state index in [2.05, 4.69) is 10.6 Å². The quantitative estimate of drug-likeness (QED) is 0.846. The van der Waals surface area contributed by atoms with Gasteiger partial charge in [-0.15, -0.1) is 11.3 Å². The van der Waals surface area contributed by atoms with Crippen LogP contribution in [-0.2, 0) is 16.1 Å². The van der Waals surface area contributed by atoms with E-state index in [1.165, 1.54) is 6.92 Å². The SMILES string of the molecule is CC(=O)Nc1ccsc1CNC(C)C(=O)N(C)C. The highest BCUT2D eigenvalue weighted by Crippen LogP contribution is 2.22. The molecule has 2 N–H and O–H groups in total. The summed E-state index contributed by atoms with van der Waals surface area (Å²) in [5, 5.41) is 7.83. The van der Waals surface area contributed by atoms with Crippen molar-refractivity contribution in [3.05, 3.63) is 16.3 Å². The van der Waals surface area contributed by atoms with E-state index in [0.29, 0.717) is 6.54 Å². The van der Waals surface area contributed by atoms with Crippen LogP contribution in [0, 0.1) is 0 Å². The largest absolute Gasteiger partial charge is 0.347 e. The molecule has 5 nitrogen and oxygen atoms in total. The normalized spacial score (nSPS) is 12.0. The Bertz CT molecular complexity index is 429. The Kier molecular flexibility index (Phi) is 5.30. The summed E-state index contributed by atoms with van der Waals surface area (Å²) in [5.74, 6) is -0.0558. The van der Waals surface area contributed by atoms with Crippen LogP contribution in [0.4, 0.5) is 5.69 Å². The first kappa shape index (κ1) is 14.7. The van der Waals surface area contributed by atoms with Crippen molar-refractivity contribution < 1.29 is 9.59 Å². The summed E-state index contributed by atoms with van der Waals surface area (Å²) in [5.41, 5.74) is 0.810. The summed E-state index contributed by atoms with van der Waals surface area (Å²) in [6.07, 6.45) is 0. The van der Waals surface area contributed by atoms with Gasteiger partial charge in [0.15, 0.2) is 0 Å². The van der Waals surface area contributed by atoms with Crippen molar-refractivity contribution in [1.29, 1.82) is 0 Å². The Balaban J connectivity index is 2.56. The zero-order chi connectivity index (χ0) is 13.7. The highest BCUT2D eigenvalue weighted by Gasteiger charge is 2.15. The molecule has 0 aliphatic heterocycles. The van der Waals surface area contributed by atoms with Gasteiger partial charge in [0.2, 0.25) is 11.8 Å². The maximum absolute atomic E-state index is 11.7. The lowest BCUT2D eigenvalue weighted by molar-refractivity contribution is -0.130. The maximum atomic E-state index is 11.7. The van der Waals surface area contributed by atoms with Crippen molar-refractivity contribution in [3.8, 4) is 0 Å². The fourth-order valence-electron chi connectivity index (χ4n) is 1.50. The Morgan fingerprint density at radius 1 is 1.44 bits per heavy atom. The Hall–Kier alpha value is -1.40. The predicted molar refractivity (Wildman–Crippen MR) is 73.6 cm³/mol. The van der Waals surface area contributed by atoms with Crippen LogP contribution in [-0.4, -0.2) is 36.9 Å². The van der Waals surface area contributed by atoms with Gasteiger partial charge in [0.1, 0.15) is 0 Å². The minimum atomic E-state index is -0.243. The van der Waals surface area contributed by atoms with Gasteiger partial charge in [0.25, 0.3) is 0 Å². The second-order valence-corrected chi connectivity index (χ2v) is 5.27. The smallest absolute Gasteiger partial charge is 0.238 e. The minimum Gasteiger partial charge on any atom is -0.347 e. The lowest BCUT2D eigenvalue weighted by Gasteiger charge is -2.18. The first-order valence-corrected chi connectivity index (χ1v) is 6.58. The van der Waals surface area contributed by atoms with Gasteiger partial charge in [-0.25, -0.2) is 0 Å². The van der Waals surface area contributed by atoms with Gasteiger partial charge in [0.05, 0.1) is 11.7 Å². The van der Waals surface area contributed by atoms with Crippen molar-refractivity contribution >= 4 is 28.8 Å². The average Bonchev–Trinajstić information content (AvgIpc) is 2.71. The van der Waals surface area contributed by atoms with Crippen molar-refractivity contribution in [3.63, 3.8) is 0 Å². The number of nitrogens with one attached hydrogen (secondary N) is 2. The molecule has 0 bridgehead atoms. The molecule has 0 aliphatic carbocycles. The maximum Gasteiger partial charge on any atom is 0.238 e. The number of carbonyl (C=O) groups is 2. The number of amides is 2. The Morgan fingerprint density at radius 3 is 2.67 bits per heavy atom. The van der Waals surface area contributed by atoms with Crippen LogP contribution in [0.15, 0.2) is 11.4 Å². The summed E-state index contributed by atoms with van der Waals surface area (Å²) in [6.45, 7) is 3.87. The molecule has 1 rings (SSSR count). The zero-order valence-corrected chi connectivity index (χ0v) is 11.9. The number of likely N-dealkylation sites (N-methyl/N-ethyl adjacent to an activating group) is 1. The first-order chi connectivity index (χ1) is 8.41. The Morgan fingerprint density at radius 2 is 2.11 bits per heavy atom. The van der Waals surface area contributed by atoms with E-state index >= 15 is 0 Å². The molecule has 2 amide bonds. The van der Waals surface area contributed by atoms with Gasteiger partial charge in [-0.05, 0) is 18.4 Å². The van der Waals surface area contributed by atoms with Gasteiger partial charge < -0.3 is 15.5 Å². The molecule has 0 spiro atoms. The number of hydrogen-bond acceptors (Lipinski definition) is 4. The summed E-state index contributed by atoms with van der Waals surface area (Å²) < 4.78 is 0. The van der Waals surface area contributed by atoms with E-state index in [4.69, 9.17) is 0 Å². The van der Waals surface area contributed by atoms with Gasteiger partial charge in [-0.2, -0.15) is 0 Å². The first-order valence-electron chi connectivity index (χ1n) is 5.70. The standard InChI is InChI=1S/C12H19N3O2S/c1-8(12(17)15(3)4)13-7-11-10(5-6-18-11)14-9(2)16/h5-6,8,13H,7H2,1-4H3,(H,14,16). The predicted octanol–water partition coefficient (Wildman–Crippen LogP) is 1.27. The van der Waals surface area contributed by atoms with Crippen molar-refractivity contribution in [1.82, 2.24) is 10.2 Å². The van der Waals surface area contributed by atoms with Crippen LogP contribution in [0.25, 0.3) is 0 Å². The fourth-order valence-corrected chi connectivity index (χ4v) is 2.28. The summed E-state index contributed by atoms with van der Waals surface area (Å²) in [4.78, 5) is 25.2. The van der Waals surface area contributed by atoms with Crippen LogP contribution in [0.5, 0.6) is 0 Å². The van der Waals surface area contributed by atoms with Crippen molar-refractivity contribution in [2.75, 3.05) is 19.4 Å². The van der Waals surface area contributed by atoms with Crippen LogP contribution in [0.2, 0.25) is 0 Å². The second kappa shape index (κ2) is 6.51. The van der Waals surface area contributed by atoms with E-state index in [0.717, 1.165) is 10.6 Å². The molecule has 1 aromatic heterocycles. The second-order valence-electron chi connectivity index (χ2n) is 4.27. The molecule has 1 atom stereocenters. The van der Waals surface area contributed by atoms with E-state index < -0.39 is 0 Å². The van der Waals surface area contributed by atoms with E-state index in [1.54, 1.807) is 30.3 Å². The molecular weight excluding hydrogens is 250 g/mol.